The minimum absolute atomic E-state index is 0.0493. The minimum Gasteiger partial charge on any atom is -0.591 e. The summed E-state index contributed by atoms with van der Waals surface area (Å²) >= 11 is -1.61. The second-order valence-corrected chi connectivity index (χ2v) is 9.37. The number of aromatic nitrogens is 1. The molecule has 0 spiro atoms. The van der Waals surface area contributed by atoms with Gasteiger partial charge in [-0.15, -0.1) is 0 Å². The highest BCUT2D eigenvalue weighted by Gasteiger charge is 2.29. The van der Waals surface area contributed by atoms with Gasteiger partial charge in [-0.1, -0.05) is 4.40 Å². The quantitative estimate of drug-likeness (QED) is 0.390. The number of rotatable bonds is 7. The Kier molecular flexibility index (Phi) is 7.83. The van der Waals surface area contributed by atoms with Crippen molar-refractivity contribution in [2.24, 2.45) is 4.40 Å². The number of aliphatic hydroxyl groups excluding tert-OH is 1. The number of aliphatic hydroxyl groups is 1. The van der Waals surface area contributed by atoms with Crippen LogP contribution in [0.4, 0.5) is 0 Å². The van der Waals surface area contributed by atoms with Gasteiger partial charge in [-0.2, -0.15) is 0 Å². The van der Waals surface area contributed by atoms with E-state index in [4.69, 9.17) is 4.74 Å². The van der Waals surface area contributed by atoms with Gasteiger partial charge in [0.15, 0.2) is 0 Å². The first-order valence-electron chi connectivity index (χ1n) is 9.16. The second kappa shape index (κ2) is 9.92. The molecule has 0 saturated carbocycles. The van der Waals surface area contributed by atoms with Crippen LogP contribution < -0.4 is 4.74 Å². The molecule has 2 N–H and O–H groups in total. The summed E-state index contributed by atoms with van der Waals surface area (Å²) in [6.07, 6.45) is 0.153. The van der Waals surface area contributed by atoms with E-state index in [0.29, 0.717) is 17.0 Å². The number of ether oxygens (including phenoxy) is 2. The number of pyridine rings is 1. The molecule has 0 aliphatic rings. The Bertz CT molecular complexity index is 909. The molecule has 1 aromatic heterocycles. The van der Waals surface area contributed by atoms with Crippen molar-refractivity contribution < 1.29 is 29.0 Å². The molecule has 0 aliphatic heterocycles. The molecule has 0 unspecified atom stereocenters. The largest absolute Gasteiger partial charge is 0.591 e. The number of phenolic OH excluding ortho intramolecular Hbond substituents is 1. The average molecular weight is 435 g/mol. The lowest BCUT2D eigenvalue weighted by Crippen LogP contribution is -2.27. The number of carbonyl (C=O) groups is 1. The van der Waals surface area contributed by atoms with Crippen LogP contribution in [0.1, 0.15) is 54.9 Å². The second-order valence-electron chi connectivity index (χ2n) is 7.47. The van der Waals surface area contributed by atoms with Gasteiger partial charge in [0.05, 0.1) is 25.5 Å². The third-order valence-corrected chi connectivity index (χ3v) is 5.60. The molecule has 2 atom stereocenters. The van der Waals surface area contributed by atoms with Crippen molar-refractivity contribution in [3.8, 4) is 11.5 Å². The third-order valence-electron chi connectivity index (χ3n) is 4.17. The zero-order valence-corrected chi connectivity index (χ0v) is 18.4. The van der Waals surface area contributed by atoms with E-state index in [1.165, 1.54) is 38.6 Å². The Labute approximate surface area is 178 Å². The third kappa shape index (κ3) is 5.94. The van der Waals surface area contributed by atoms with Gasteiger partial charge in [0.25, 0.3) is 0 Å². The highest BCUT2D eigenvalue weighted by Crippen LogP contribution is 2.29. The predicted molar refractivity (Wildman–Crippen MR) is 114 cm³/mol. The van der Waals surface area contributed by atoms with Crippen molar-refractivity contribution in [3.63, 3.8) is 0 Å². The van der Waals surface area contributed by atoms with E-state index >= 15 is 0 Å². The lowest BCUT2D eigenvalue weighted by atomic mass is 10.0. The molecule has 0 bridgehead atoms. The first-order valence-corrected chi connectivity index (χ1v) is 10.3. The van der Waals surface area contributed by atoms with E-state index in [-0.39, 0.29) is 23.4 Å². The SMILES string of the molecule is COC(=O)c1ccc([C@@H](O)C/C(=N\[S@@+]([O-])C(C)(C)C)c2ccc(OC)cc2O)nc1. The molecule has 9 heteroatoms. The molecular formula is C21H26N2O6S. The highest BCUT2D eigenvalue weighted by atomic mass is 32.2. The fourth-order valence-electron chi connectivity index (χ4n) is 2.44. The van der Waals surface area contributed by atoms with Crippen molar-refractivity contribution >= 4 is 23.0 Å². The molecule has 1 aromatic carbocycles. The van der Waals surface area contributed by atoms with Gasteiger partial charge in [0.2, 0.25) is 0 Å². The maximum atomic E-state index is 12.6. The van der Waals surface area contributed by atoms with Gasteiger partial charge >= 0.3 is 5.97 Å². The summed E-state index contributed by atoms with van der Waals surface area (Å²) in [7, 11) is 2.75. The van der Waals surface area contributed by atoms with Crippen LogP contribution in [0.25, 0.3) is 0 Å². The summed E-state index contributed by atoms with van der Waals surface area (Å²) in [5.74, 6) is -0.192. The first kappa shape index (κ1) is 23.7. The fourth-order valence-corrected chi connectivity index (χ4v) is 3.09. The standard InChI is InChI=1S/C21H26N2O6S/c1-21(2,3)30(27)23-17(15-8-7-14(28-4)10-18(15)24)11-19(25)16-9-6-13(12-22-16)20(26)29-5/h6-10,12,19,24-25H,11H2,1-5H3/b23-17+/t19-,30-/m0/s1. The normalized spacial score (nSPS) is 14.2. The Balaban J connectivity index is 2.37. The zero-order valence-electron chi connectivity index (χ0n) is 17.6. The minimum atomic E-state index is -1.61. The van der Waals surface area contributed by atoms with E-state index in [1.807, 2.05) is 0 Å². The van der Waals surface area contributed by atoms with Crippen LogP contribution in [0.3, 0.4) is 0 Å². The number of nitrogens with zero attached hydrogens (tertiary/aromatic N) is 2. The molecule has 0 radical (unpaired) electrons. The van der Waals surface area contributed by atoms with Crippen LogP contribution in [0.15, 0.2) is 40.9 Å². The van der Waals surface area contributed by atoms with E-state index in [0.717, 1.165) is 0 Å². The summed E-state index contributed by atoms with van der Waals surface area (Å²) in [5, 5.41) is 21.1. The summed E-state index contributed by atoms with van der Waals surface area (Å²) in [5.41, 5.74) is 1.14. The molecule has 2 rings (SSSR count). The summed E-state index contributed by atoms with van der Waals surface area (Å²) in [6, 6.07) is 7.64. The summed E-state index contributed by atoms with van der Waals surface area (Å²) in [4.78, 5) is 15.7. The molecule has 30 heavy (non-hydrogen) atoms. The lowest BCUT2D eigenvalue weighted by molar-refractivity contribution is 0.0600. The number of methoxy groups -OCH3 is 2. The Hall–Kier alpha value is -2.62. The number of benzene rings is 1. The molecule has 0 amide bonds. The number of aromatic hydroxyl groups is 1. The zero-order chi connectivity index (χ0) is 22.5. The van der Waals surface area contributed by atoms with E-state index in [1.54, 1.807) is 32.9 Å². The van der Waals surface area contributed by atoms with Crippen LogP contribution in [0, 0.1) is 0 Å². The molecule has 162 valence electrons. The van der Waals surface area contributed by atoms with Crippen molar-refractivity contribution in [2.45, 2.75) is 38.0 Å². The van der Waals surface area contributed by atoms with Crippen LogP contribution in [0.2, 0.25) is 0 Å². The highest BCUT2D eigenvalue weighted by molar-refractivity contribution is 7.91. The number of phenols is 1. The van der Waals surface area contributed by atoms with E-state index < -0.39 is 28.2 Å². The molecular weight excluding hydrogens is 408 g/mol. The van der Waals surface area contributed by atoms with Crippen LogP contribution in [-0.4, -0.2) is 50.4 Å². The van der Waals surface area contributed by atoms with Gasteiger partial charge in [-0.25, -0.2) is 4.79 Å². The fraction of sp³-hybridized carbons (Fsp3) is 0.381. The van der Waals surface area contributed by atoms with Gasteiger partial charge in [0.1, 0.15) is 39.4 Å². The molecule has 0 aliphatic carbocycles. The number of esters is 1. The van der Waals surface area contributed by atoms with Crippen molar-refractivity contribution in [1.29, 1.82) is 0 Å². The number of hydrogen-bond acceptors (Lipinski definition) is 8. The predicted octanol–water partition coefficient (Wildman–Crippen LogP) is 2.96. The maximum Gasteiger partial charge on any atom is 0.339 e. The molecule has 0 saturated heterocycles. The first-order chi connectivity index (χ1) is 14.1. The van der Waals surface area contributed by atoms with Gasteiger partial charge < -0.3 is 24.2 Å². The van der Waals surface area contributed by atoms with Gasteiger partial charge in [-0.05, 0) is 45.0 Å². The van der Waals surface area contributed by atoms with Crippen molar-refractivity contribution in [2.75, 3.05) is 14.2 Å². The van der Waals surface area contributed by atoms with E-state index in [2.05, 4.69) is 14.1 Å². The Morgan fingerprint density at radius 2 is 1.97 bits per heavy atom. The monoisotopic (exact) mass is 434 g/mol. The van der Waals surface area contributed by atoms with Gasteiger partial charge in [0, 0.05) is 24.2 Å². The molecule has 2 aromatic rings. The molecule has 8 nitrogen and oxygen atoms in total. The Morgan fingerprint density at radius 3 is 2.47 bits per heavy atom. The van der Waals surface area contributed by atoms with E-state index in [9.17, 15) is 19.6 Å². The smallest absolute Gasteiger partial charge is 0.339 e. The average Bonchev–Trinajstić information content (AvgIpc) is 2.71. The topological polar surface area (TPSA) is 124 Å². The van der Waals surface area contributed by atoms with Crippen LogP contribution >= 0.6 is 0 Å². The van der Waals surface area contributed by atoms with Gasteiger partial charge in [-0.3, -0.25) is 4.98 Å². The maximum absolute atomic E-state index is 12.6. The molecule has 1 heterocycles. The lowest BCUT2D eigenvalue weighted by Gasteiger charge is -2.20. The van der Waals surface area contributed by atoms with Crippen molar-refractivity contribution in [1.82, 2.24) is 4.98 Å². The number of carbonyl (C=O) groups excluding carboxylic acids is 1. The summed E-state index contributed by atoms with van der Waals surface area (Å²) in [6.45, 7) is 5.34. The van der Waals surface area contributed by atoms with Crippen LogP contribution in [0.5, 0.6) is 11.5 Å². The molecule has 0 fully saturated rings. The summed E-state index contributed by atoms with van der Waals surface area (Å²) < 4.78 is 26.0. The Morgan fingerprint density at radius 1 is 1.27 bits per heavy atom. The van der Waals surface area contributed by atoms with Crippen LogP contribution in [-0.2, 0) is 16.1 Å². The van der Waals surface area contributed by atoms with Crippen molar-refractivity contribution in [3.05, 3.63) is 53.3 Å². The number of hydrogen-bond donors (Lipinski definition) is 2.